The smallest absolute Gasteiger partial charge is 0.128 e. The SMILES string of the molecule is OC1c2ccc(F)cc2OC2CN(Cc3ccccc3)CCC21. The van der Waals surface area contributed by atoms with Gasteiger partial charge in [-0.25, -0.2) is 4.39 Å². The number of aliphatic hydroxyl groups is 1. The van der Waals surface area contributed by atoms with Gasteiger partial charge in [0, 0.05) is 30.6 Å². The highest BCUT2D eigenvalue weighted by Crippen LogP contribution is 2.42. The fourth-order valence-electron chi connectivity index (χ4n) is 3.72. The molecule has 2 aliphatic rings. The Labute approximate surface area is 135 Å². The second kappa shape index (κ2) is 5.95. The van der Waals surface area contributed by atoms with Gasteiger partial charge in [0.15, 0.2) is 0 Å². The monoisotopic (exact) mass is 313 g/mol. The lowest BCUT2D eigenvalue weighted by molar-refractivity contribution is -0.0486. The Balaban J connectivity index is 1.51. The molecular formula is C19H20FNO2. The summed E-state index contributed by atoms with van der Waals surface area (Å²) >= 11 is 0. The lowest BCUT2D eigenvalue weighted by Crippen LogP contribution is -2.50. The topological polar surface area (TPSA) is 32.7 Å². The van der Waals surface area contributed by atoms with Gasteiger partial charge in [0.2, 0.25) is 0 Å². The van der Waals surface area contributed by atoms with Crippen LogP contribution in [-0.4, -0.2) is 29.2 Å². The van der Waals surface area contributed by atoms with E-state index in [1.165, 1.54) is 17.7 Å². The van der Waals surface area contributed by atoms with Crippen LogP contribution in [0.4, 0.5) is 4.39 Å². The number of piperidine rings is 1. The van der Waals surface area contributed by atoms with Gasteiger partial charge in [-0.15, -0.1) is 0 Å². The molecule has 3 unspecified atom stereocenters. The first-order valence-electron chi connectivity index (χ1n) is 8.11. The highest BCUT2D eigenvalue weighted by atomic mass is 19.1. The van der Waals surface area contributed by atoms with Gasteiger partial charge in [0.1, 0.15) is 17.7 Å². The molecule has 1 fully saturated rings. The number of rotatable bonds is 2. The zero-order chi connectivity index (χ0) is 15.8. The molecule has 4 heteroatoms. The van der Waals surface area contributed by atoms with Crippen LogP contribution in [0.15, 0.2) is 48.5 Å². The van der Waals surface area contributed by atoms with Gasteiger partial charge in [0.05, 0.1) is 6.10 Å². The van der Waals surface area contributed by atoms with E-state index in [4.69, 9.17) is 4.74 Å². The van der Waals surface area contributed by atoms with Crippen molar-refractivity contribution in [2.24, 2.45) is 5.92 Å². The van der Waals surface area contributed by atoms with Crippen molar-refractivity contribution in [1.82, 2.24) is 4.90 Å². The average molecular weight is 313 g/mol. The number of ether oxygens (including phenoxy) is 1. The van der Waals surface area contributed by atoms with E-state index in [9.17, 15) is 9.50 Å². The van der Waals surface area contributed by atoms with Gasteiger partial charge in [-0.3, -0.25) is 4.90 Å². The van der Waals surface area contributed by atoms with E-state index in [2.05, 4.69) is 17.0 Å². The largest absolute Gasteiger partial charge is 0.488 e. The minimum Gasteiger partial charge on any atom is -0.488 e. The van der Waals surface area contributed by atoms with Crippen LogP contribution < -0.4 is 4.74 Å². The van der Waals surface area contributed by atoms with E-state index in [0.717, 1.165) is 26.1 Å². The van der Waals surface area contributed by atoms with Crippen LogP contribution in [0.5, 0.6) is 5.75 Å². The third-order valence-corrected chi connectivity index (χ3v) is 4.92. The van der Waals surface area contributed by atoms with Crippen LogP contribution >= 0.6 is 0 Å². The Morgan fingerprint density at radius 3 is 2.83 bits per heavy atom. The summed E-state index contributed by atoms with van der Waals surface area (Å²) in [6.45, 7) is 2.57. The van der Waals surface area contributed by atoms with Crippen LogP contribution in [-0.2, 0) is 6.54 Å². The number of hydrogen-bond acceptors (Lipinski definition) is 3. The summed E-state index contributed by atoms with van der Waals surface area (Å²) in [4.78, 5) is 2.34. The maximum absolute atomic E-state index is 13.4. The zero-order valence-corrected chi connectivity index (χ0v) is 12.9. The van der Waals surface area contributed by atoms with Gasteiger partial charge in [-0.1, -0.05) is 30.3 Å². The van der Waals surface area contributed by atoms with Crippen molar-refractivity contribution in [1.29, 1.82) is 0 Å². The van der Waals surface area contributed by atoms with Crippen molar-refractivity contribution in [2.45, 2.75) is 25.2 Å². The summed E-state index contributed by atoms with van der Waals surface area (Å²) < 4.78 is 19.5. The van der Waals surface area contributed by atoms with Crippen LogP contribution in [0.2, 0.25) is 0 Å². The normalized spacial score (nSPS) is 27.0. The molecule has 0 spiro atoms. The van der Waals surface area contributed by atoms with E-state index in [-0.39, 0.29) is 17.8 Å². The number of halogens is 1. The van der Waals surface area contributed by atoms with Crippen LogP contribution in [0.25, 0.3) is 0 Å². The Bertz CT molecular complexity index is 691. The van der Waals surface area contributed by atoms with Crippen LogP contribution in [0.3, 0.4) is 0 Å². The second-order valence-electron chi connectivity index (χ2n) is 6.46. The van der Waals surface area contributed by atoms with Gasteiger partial charge in [-0.05, 0) is 30.7 Å². The molecule has 0 bridgehead atoms. The van der Waals surface area contributed by atoms with Crippen molar-refractivity contribution in [3.8, 4) is 5.75 Å². The van der Waals surface area contributed by atoms with Gasteiger partial charge in [0.25, 0.3) is 0 Å². The summed E-state index contributed by atoms with van der Waals surface area (Å²) in [5.74, 6) is 0.242. The van der Waals surface area contributed by atoms with Gasteiger partial charge in [-0.2, -0.15) is 0 Å². The van der Waals surface area contributed by atoms with Crippen molar-refractivity contribution in [2.75, 3.05) is 13.1 Å². The number of fused-ring (bicyclic) bond motifs is 2. The zero-order valence-electron chi connectivity index (χ0n) is 12.9. The van der Waals surface area contributed by atoms with Gasteiger partial charge >= 0.3 is 0 Å². The summed E-state index contributed by atoms with van der Waals surface area (Å²) in [5, 5.41) is 10.6. The Hall–Kier alpha value is -1.91. The molecule has 23 heavy (non-hydrogen) atoms. The number of aliphatic hydroxyl groups excluding tert-OH is 1. The molecule has 120 valence electrons. The molecule has 0 aliphatic carbocycles. The molecule has 2 aromatic rings. The van der Waals surface area contributed by atoms with Gasteiger partial charge < -0.3 is 9.84 Å². The molecule has 1 N–H and O–H groups in total. The molecule has 1 saturated heterocycles. The maximum atomic E-state index is 13.4. The average Bonchev–Trinajstić information content (AvgIpc) is 2.55. The maximum Gasteiger partial charge on any atom is 0.128 e. The van der Waals surface area contributed by atoms with E-state index < -0.39 is 6.10 Å². The van der Waals surface area contributed by atoms with E-state index in [1.54, 1.807) is 6.07 Å². The first-order chi connectivity index (χ1) is 11.2. The number of benzene rings is 2. The Morgan fingerprint density at radius 1 is 1.17 bits per heavy atom. The number of likely N-dealkylation sites (tertiary alicyclic amines) is 1. The molecule has 2 heterocycles. The minimum absolute atomic E-state index is 0.0833. The molecule has 0 radical (unpaired) electrons. The standard InChI is InChI=1S/C19H20FNO2/c20-14-6-7-15-17(10-14)23-18-12-21(9-8-16(18)19(15)22)11-13-4-2-1-3-5-13/h1-7,10,16,18-19,22H,8-9,11-12H2. The molecule has 3 atom stereocenters. The predicted octanol–water partition coefficient (Wildman–Crippen LogP) is 3.14. The van der Waals surface area contributed by atoms with Crippen molar-refractivity contribution >= 4 is 0 Å². The highest BCUT2D eigenvalue weighted by Gasteiger charge is 2.40. The molecule has 0 amide bonds. The van der Waals surface area contributed by atoms with Crippen molar-refractivity contribution < 1.29 is 14.2 Å². The Kier molecular flexibility index (Phi) is 3.79. The summed E-state index contributed by atoms with van der Waals surface area (Å²) in [5.41, 5.74) is 1.98. The summed E-state index contributed by atoms with van der Waals surface area (Å²) in [7, 11) is 0. The van der Waals surface area contributed by atoms with Crippen molar-refractivity contribution in [3.63, 3.8) is 0 Å². The first kappa shape index (κ1) is 14.7. The molecular weight excluding hydrogens is 293 g/mol. The molecule has 3 nitrogen and oxygen atoms in total. The molecule has 2 aliphatic heterocycles. The summed E-state index contributed by atoms with van der Waals surface area (Å²) in [6, 6.07) is 14.7. The van der Waals surface area contributed by atoms with E-state index >= 15 is 0 Å². The molecule has 0 saturated carbocycles. The van der Waals surface area contributed by atoms with E-state index in [0.29, 0.717) is 11.3 Å². The highest BCUT2D eigenvalue weighted by molar-refractivity contribution is 5.38. The lowest BCUT2D eigenvalue weighted by atomic mass is 9.82. The molecule has 2 aromatic carbocycles. The minimum atomic E-state index is -0.566. The fraction of sp³-hybridized carbons (Fsp3) is 0.368. The Morgan fingerprint density at radius 2 is 2.00 bits per heavy atom. The second-order valence-corrected chi connectivity index (χ2v) is 6.46. The molecule has 4 rings (SSSR count). The third kappa shape index (κ3) is 2.84. The first-order valence-corrected chi connectivity index (χ1v) is 8.11. The lowest BCUT2D eigenvalue weighted by Gasteiger charge is -2.44. The number of hydrogen-bond donors (Lipinski definition) is 1. The third-order valence-electron chi connectivity index (χ3n) is 4.92. The predicted molar refractivity (Wildman–Crippen MR) is 85.6 cm³/mol. The van der Waals surface area contributed by atoms with Crippen LogP contribution in [0, 0.1) is 11.7 Å². The fourth-order valence-corrected chi connectivity index (χ4v) is 3.72. The van der Waals surface area contributed by atoms with E-state index in [1.807, 2.05) is 18.2 Å². The van der Waals surface area contributed by atoms with Crippen molar-refractivity contribution in [3.05, 3.63) is 65.5 Å². The quantitative estimate of drug-likeness (QED) is 0.924. The van der Waals surface area contributed by atoms with Crippen LogP contribution in [0.1, 0.15) is 23.7 Å². The molecule has 0 aromatic heterocycles. The number of nitrogens with zero attached hydrogens (tertiary/aromatic N) is 1. The summed E-state index contributed by atoms with van der Waals surface area (Å²) in [6.07, 6.45) is 0.232.